The van der Waals surface area contributed by atoms with E-state index in [1.807, 2.05) is 20.8 Å². The molecule has 0 radical (unpaired) electrons. The number of carboxylic acid groups (broad SMARTS) is 1. The number of carbonyl (C=O) groups is 1. The molecule has 1 aromatic rings. The minimum Gasteiger partial charge on any atom is -0.481 e. The second-order valence-corrected chi connectivity index (χ2v) is 10.9. The molecule has 31 heavy (non-hydrogen) atoms. The van der Waals surface area contributed by atoms with Gasteiger partial charge in [0.15, 0.2) is 5.82 Å². The first-order valence-corrected chi connectivity index (χ1v) is 12.2. The first kappa shape index (κ1) is 24.2. The number of aromatic nitrogens is 2. The molecule has 3 rings (SSSR count). The van der Waals surface area contributed by atoms with Gasteiger partial charge in [0.25, 0.3) is 0 Å². The molecule has 1 saturated heterocycles. The predicted molar refractivity (Wildman–Crippen MR) is 121 cm³/mol. The Morgan fingerprint density at radius 1 is 1.16 bits per heavy atom. The van der Waals surface area contributed by atoms with Gasteiger partial charge in [-0.1, -0.05) is 70.9 Å². The van der Waals surface area contributed by atoms with Crippen LogP contribution in [0.1, 0.15) is 89.8 Å². The third kappa shape index (κ3) is 7.01. The second kappa shape index (κ2) is 10.9. The van der Waals surface area contributed by atoms with Gasteiger partial charge in [-0.3, -0.25) is 9.69 Å². The van der Waals surface area contributed by atoms with E-state index in [0.717, 1.165) is 44.9 Å². The fourth-order valence-corrected chi connectivity index (χ4v) is 5.37. The summed E-state index contributed by atoms with van der Waals surface area (Å²) in [6, 6.07) is 0. The maximum atomic E-state index is 12.3. The highest BCUT2D eigenvalue weighted by Crippen LogP contribution is 2.41. The van der Waals surface area contributed by atoms with E-state index >= 15 is 0 Å². The first-order valence-electron chi connectivity index (χ1n) is 12.2. The monoisotopic (exact) mass is 434 g/mol. The van der Waals surface area contributed by atoms with Crippen molar-refractivity contribution < 1.29 is 14.4 Å². The zero-order valence-electron chi connectivity index (χ0n) is 20.0. The smallest absolute Gasteiger partial charge is 0.307 e. The van der Waals surface area contributed by atoms with Gasteiger partial charge >= 0.3 is 5.97 Å². The number of carboxylic acids is 1. The number of nitrogens with zero attached hydrogens (tertiary/aromatic N) is 4. The highest BCUT2D eigenvalue weighted by atomic mass is 16.5. The van der Waals surface area contributed by atoms with Gasteiger partial charge in [-0.05, 0) is 24.8 Å². The van der Waals surface area contributed by atoms with Crippen LogP contribution < -0.4 is 0 Å². The van der Waals surface area contributed by atoms with Crippen molar-refractivity contribution in [3.63, 3.8) is 0 Å². The quantitative estimate of drug-likeness (QED) is 0.617. The molecule has 7 nitrogen and oxygen atoms in total. The van der Waals surface area contributed by atoms with Crippen molar-refractivity contribution in [1.82, 2.24) is 19.9 Å². The molecule has 1 aromatic heterocycles. The number of hydrogen-bond donors (Lipinski definition) is 1. The summed E-state index contributed by atoms with van der Waals surface area (Å²) in [6.07, 6.45) is 9.67. The van der Waals surface area contributed by atoms with Crippen LogP contribution in [-0.2, 0) is 11.3 Å². The van der Waals surface area contributed by atoms with Crippen LogP contribution in [0.4, 0.5) is 0 Å². The molecule has 1 N–H and O–H groups in total. The fraction of sp³-hybridized carbons (Fsp3) is 0.875. The van der Waals surface area contributed by atoms with Gasteiger partial charge in [0, 0.05) is 26.2 Å². The minimum atomic E-state index is -0.769. The van der Waals surface area contributed by atoms with E-state index in [1.165, 1.54) is 38.5 Å². The predicted octanol–water partition coefficient (Wildman–Crippen LogP) is 4.40. The largest absolute Gasteiger partial charge is 0.481 e. The lowest BCUT2D eigenvalue weighted by Gasteiger charge is -2.32. The van der Waals surface area contributed by atoms with Gasteiger partial charge in [0.2, 0.25) is 5.89 Å². The molecule has 2 heterocycles. The lowest BCUT2D eigenvalue weighted by atomic mass is 9.71. The fourth-order valence-electron chi connectivity index (χ4n) is 5.37. The van der Waals surface area contributed by atoms with Gasteiger partial charge < -0.3 is 14.5 Å². The average Bonchev–Trinajstić information content (AvgIpc) is 3.17. The minimum absolute atomic E-state index is 0.241. The maximum absolute atomic E-state index is 12.3. The van der Waals surface area contributed by atoms with Crippen LogP contribution in [0.2, 0.25) is 0 Å². The molecule has 0 aromatic carbocycles. The van der Waals surface area contributed by atoms with Crippen LogP contribution in [0, 0.1) is 17.3 Å². The zero-order valence-corrected chi connectivity index (χ0v) is 20.0. The molecule has 1 aliphatic heterocycles. The Labute approximate surface area is 187 Å². The summed E-state index contributed by atoms with van der Waals surface area (Å²) in [5.74, 6) is 0.423. The number of aliphatic carboxylic acids is 1. The Kier molecular flexibility index (Phi) is 8.50. The number of hydrogen-bond acceptors (Lipinski definition) is 6. The summed E-state index contributed by atoms with van der Waals surface area (Å²) in [5, 5.41) is 14.3. The lowest BCUT2D eigenvalue weighted by molar-refractivity contribution is -0.147. The normalized spacial score (nSPS) is 21.8. The van der Waals surface area contributed by atoms with E-state index in [4.69, 9.17) is 9.51 Å². The molecule has 1 saturated carbocycles. The van der Waals surface area contributed by atoms with Crippen molar-refractivity contribution in [2.45, 2.75) is 84.6 Å². The molecule has 0 spiro atoms. The van der Waals surface area contributed by atoms with Gasteiger partial charge in [0.05, 0.1) is 18.4 Å². The molecule has 7 heteroatoms. The van der Waals surface area contributed by atoms with Crippen molar-refractivity contribution in [3.8, 4) is 0 Å². The van der Waals surface area contributed by atoms with Crippen molar-refractivity contribution in [1.29, 1.82) is 0 Å². The Balaban J connectivity index is 1.69. The molecule has 1 aliphatic carbocycles. The van der Waals surface area contributed by atoms with E-state index in [9.17, 15) is 9.90 Å². The molecular formula is C24H42N4O3. The van der Waals surface area contributed by atoms with E-state index in [-0.39, 0.29) is 11.3 Å². The van der Waals surface area contributed by atoms with Gasteiger partial charge in [-0.25, -0.2) is 0 Å². The van der Waals surface area contributed by atoms with E-state index in [1.54, 1.807) is 0 Å². The van der Waals surface area contributed by atoms with Crippen molar-refractivity contribution >= 4 is 5.97 Å². The molecule has 2 aliphatic rings. The van der Waals surface area contributed by atoms with Gasteiger partial charge in [-0.15, -0.1) is 0 Å². The summed E-state index contributed by atoms with van der Waals surface area (Å²) in [4.78, 5) is 21.6. The van der Waals surface area contributed by atoms with E-state index in [2.05, 4.69) is 22.0 Å². The highest BCUT2D eigenvalue weighted by Gasteiger charge is 2.41. The summed E-state index contributed by atoms with van der Waals surface area (Å²) in [6.45, 7) is 10.7. The molecule has 0 amide bonds. The van der Waals surface area contributed by atoms with Crippen molar-refractivity contribution in [3.05, 3.63) is 11.7 Å². The average molecular weight is 435 g/mol. The first-order chi connectivity index (χ1) is 14.7. The third-order valence-corrected chi connectivity index (χ3v) is 7.22. The zero-order chi connectivity index (χ0) is 22.4. The van der Waals surface area contributed by atoms with Crippen LogP contribution in [0.25, 0.3) is 0 Å². The molecule has 2 fully saturated rings. The number of likely N-dealkylation sites (N-methyl/N-ethyl adjacent to an activating group) is 1. The Hall–Kier alpha value is -1.47. The molecule has 1 unspecified atom stereocenters. The van der Waals surface area contributed by atoms with E-state index < -0.39 is 11.9 Å². The Morgan fingerprint density at radius 3 is 2.45 bits per heavy atom. The highest BCUT2D eigenvalue weighted by molar-refractivity contribution is 5.72. The Bertz CT molecular complexity index is 685. The standard InChI is InChI=1S/C24H42N4O3/c1-24(2,3)21(23(29)30)19(12-8-11-18-9-6-5-7-10-18)22-25-20(26-31-22)17-28-15-13-27(4)14-16-28/h18-19,21H,5-17H2,1-4H3,(H,29,30)/t19-,21?/m1/s1. The summed E-state index contributed by atoms with van der Waals surface area (Å²) < 4.78 is 5.70. The Morgan fingerprint density at radius 2 is 1.84 bits per heavy atom. The molecule has 2 atom stereocenters. The van der Waals surface area contributed by atoms with Crippen LogP contribution in [0.15, 0.2) is 4.52 Å². The SMILES string of the molecule is CN1CCN(Cc2noc([C@H](CCCC3CCCCC3)C(C(=O)O)C(C)(C)C)n2)CC1. The van der Waals surface area contributed by atoms with Crippen LogP contribution in [0.3, 0.4) is 0 Å². The summed E-state index contributed by atoms with van der Waals surface area (Å²) >= 11 is 0. The van der Waals surface area contributed by atoms with Crippen molar-refractivity contribution in [2.24, 2.45) is 17.3 Å². The van der Waals surface area contributed by atoms with Crippen LogP contribution in [-0.4, -0.2) is 64.2 Å². The van der Waals surface area contributed by atoms with Crippen LogP contribution in [0.5, 0.6) is 0 Å². The maximum Gasteiger partial charge on any atom is 0.307 e. The lowest BCUT2D eigenvalue weighted by Crippen LogP contribution is -2.44. The van der Waals surface area contributed by atoms with E-state index in [0.29, 0.717) is 18.3 Å². The topological polar surface area (TPSA) is 82.7 Å². The summed E-state index contributed by atoms with van der Waals surface area (Å²) in [7, 11) is 2.14. The number of piperazine rings is 1. The van der Waals surface area contributed by atoms with Gasteiger partial charge in [-0.2, -0.15) is 4.98 Å². The third-order valence-electron chi connectivity index (χ3n) is 7.22. The molecule has 176 valence electrons. The van der Waals surface area contributed by atoms with Crippen molar-refractivity contribution in [2.75, 3.05) is 33.2 Å². The van der Waals surface area contributed by atoms with Gasteiger partial charge in [0.1, 0.15) is 0 Å². The van der Waals surface area contributed by atoms with Crippen LogP contribution >= 0.6 is 0 Å². The second-order valence-electron chi connectivity index (χ2n) is 10.9. The molecule has 0 bridgehead atoms. The summed E-state index contributed by atoms with van der Waals surface area (Å²) in [5.41, 5.74) is -0.382. The molecular weight excluding hydrogens is 392 g/mol. The number of rotatable bonds is 9.